The molecule has 1 aliphatic rings. The van der Waals surface area contributed by atoms with Gasteiger partial charge in [0.05, 0.1) is 6.26 Å². The number of amides is 1. The Kier molecular flexibility index (Phi) is 4.62. The number of rotatable bonds is 4. The van der Waals surface area contributed by atoms with Crippen LogP contribution < -0.4 is 0 Å². The minimum atomic E-state index is 0.0296. The largest absolute Gasteiger partial charge is 0.459 e. The lowest BCUT2D eigenvalue weighted by molar-refractivity contribution is 0.0655. The second-order valence-corrected chi connectivity index (χ2v) is 6.24. The zero-order chi connectivity index (χ0) is 15.4. The molecule has 3 rings (SSSR count). The van der Waals surface area contributed by atoms with Gasteiger partial charge in [-0.2, -0.15) is 0 Å². The molecule has 1 amide bonds. The summed E-state index contributed by atoms with van der Waals surface area (Å²) in [5.41, 5.74) is 2.73. The molecule has 0 atom stereocenters. The molecule has 116 valence electrons. The van der Waals surface area contributed by atoms with Crippen LogP contribution in [0.5, 0.6) is 0 Å². The molecule has 1 aromatic carbocycles. The Bertz CT molecular complexity index is 593. The molecule has 0 spiro atoms. The minimum absolute atomic E-state index is 0.0296. The summed E-state index contributed by atoms with van der Waals surface area (Å²) in [4.78, 5) is 14.1. The van der Waals surface area contributed by atoms with Crippen LogP contribution in [0.3, 0.4) is 0 Å². The Hall–Kier alpha value is -2.03. The summed E-state index contributed by atoms with van der Waals surface area (Å²) in [5, 5.41) is 0. The van der Waals surface area contributed by atoms with Crippen molar-refractivity contribution in [1.82, 2.24) is 4.90 Å². The maximum Gasteiger partial charge on any atom is 0.289 e. The van der Waals surface area contributed by atoms with Crippen LogP contribution in [0.2, 0.25) is 0 Å². The number of benzene rings is 1. The van der Waals surface area contributed by atoms with Crippen molar-refractivity contribution < 1.29 is 9.21 Å². The lowest BCUT2D eigenvalue weighted by atomic mass is 9.90. The van der Waals surface area contributed by atoms with Crippen LogP contribution in [0.1, 0.15) is 40.9 Å². The predicted molar refractivity (Wildman–Crippen MR) is 86.8 cm³/mol. The topological polar surface area (TPSA) is 33.5 Å². The van der Waals surface area contributed by atoms with Gasteiger partial charge in [-0.25, -0.2) is 0 Å². The summed E-state index contributed by atoms with van der Waals surface area (Å²) in [6.07, 6.45) is 6.10. The molecule has 1 saturated heterocycles. The number of hydrogen-bond donors (Lipinski definition) is 0. The summed E-state index contributed by atoms with van der Waals surface area (Å²) in [5.74, 6) is 1.21. The molecule has 22 heavy (non-hydrogen) atoms. The van der Waals surface area contributed by atoms with Gasteiger partial charge in [0.25, 0.3) is 5.91 Å². The van der Waals surface area contributed by atoms with Crippen molar-refractivity contribution in [2.45, 2.75) is 32.6 Å². The first-order valence-corrected chi connectivity index (χ1v) is 8.11. The number of furan rings is 1. The Labute approximate surface area is 131 Å². The van der Waals surface area contributed by atoms with Gasteiger partial charge in [-0.15, -0.1) is 0 Å². The second kappa shape index (κ2) is 6.82. The number of aryl methyl sites for hydroxylation is 2. The van der Waals surface area contributed by atoms with E-state index < -0.39 is 0 Å². The maximum absolute atomic E-state index is 12.2. The number of hydrogen-bond acceptors (Lipinski definition) is 2. The van der Waals surface area contributed by atoms with E-state index in [1.54, 1.807) is 18.4 Å². The normalized spacial score (nSPS) is 16.0. The van der Waals surface area contributed by atoms with Gasteiger partial charge < -0.3 is 9.32 Å². The van der Waals surface area contributed by atoms with Gasteiger partial charge >= 0.3 is 0 Å². The molecule has 0 saturated carbocycles. The summed E-state index contributed by atoms with van der Waals surface area (Å²) >= 11 is 0. The van der Waals surface area contributed by atoms with Crippen LogP contribution >= 0.6 is 0 Å². The van der Waals surface area contributed by atoms with Crippen LogP contribution in [0, 0.1) is 12.8 Å². The summed E-state index contributed by atoms with van der Waals surface area (Å²) in [6, 6.07) is 12.3. The van der Waals surface area contributed by atoms with E-state index in [2.05, 4.69) is 31.2 Å². The summed E-state index contributed by atoms with van der Waals surface area (Å²) in [6.45, 7) is 3.81. The van der Waals surface area contributed by atoms with Crippen molar-refractivity contribution in [1.29, 1.82) is 0 Å². The Morgan fingerprint density at radius 3 is 2.55 bits per heavy atom. The van der Waals surface area contributed by atoms with Crippen molar-refractivity contribution in [3.63, 3.8) is 0 Å². The fourth-order valence-corrected chi connectivity index (χ4v) is 3.11. The van der Waals surface area contributed by atoms with Gasteiger partial charge in [-0.05, 0) is 56.2 Å². The number of carbonyl (C=O) groups excluding carboxylic acids is 1. The van der Waals surface area contributed by atoms with Crippen LogP contribution in [-0.2, 0) is 6.42 Å². The monoisotopic (exact) mass is 297 g/mol. The molecule has 0 N–H and O–H groups in total. The number of piperidine rings is 1. The van der Waals surface area contributed by atoms with Gasteiger partial charge in [-0.1, -0.05) is 29.8 Å². The standard InChI is InChI=1S/C19H23NO2/c1-15-4-6-16(7-5-15)8-9-17-10-12-20(13-11-17)19(21)18-3-2-14-22-18/h2-7,14,17H,8-13H2,1H3. The third-order valence-corrected chi connectivity index (χ3v) is 4.60. The maximum atomic E-state index is 12.2. The lowest BCUT2D eigenvalue weighted by Crippen LogP contribution is -2.38. The molecule has 1 fully saturated rings. The zero-order valence-corrected chi connectivity index (χ0v) is 13.1. The Morgan fingerprint density at radius 1 is 1.18 bits per heavy atom. The first kappa shape index (κ1) is 14.9. The van der Waals surface area contributed by atoms with Crippen molar-refractivity contribution in [2.24, 2.45) is 5.92 Å². The highest BCUT2D eigenvalue weighted by atomic mass is 16.3. The highest BCUT2D eigenvalue weighted by Gasteiger charge is 2.24. The lowest BCUT2D eigenvalue weighted by Gasteiger charge is -2.31. The fourth-order valence-electron chi connectivity index (χ4n) is 3.11. The minimum Gasteiger partial charge on any atom is -0.459 e. The van der Waals surface area contributed by atoms with Crippen molar-refractivity contribution in [2.75, 3.05) is 13.1 Å². The molecule has 0 aliphatic carbocycles. The van der Waals surface area contributed by atoms with Crippen LogP contribution in [-0.4, -0.2) is 23.9 Å². The molecule has 0 radical (unpaired) electrons. The molecule has 3 nitrogen and oxygen atoms in total. The third-order valence-electron chi connectivity index (χ3n) is 4.60. The van der Waals surface area contributed by atoms with Gasteiger partial charge in [0.1, 0.15) is 0 Å². The van der Waals surface area contributed by atoms with E-state index in [4.69, 9.17) is 4.42 Å². The Morgan fingerprint density at radius 2 is 1.91 bits per heavy atom. The first-order chi connectivity index (χ1) is 10.7. The van der Waals surface area contributed by atoms with E-state index in [1.807, 2.05) is 4.90 Å². The van der Waals surface area contributed by atoms with E-state index in [0.717, 1.165) is 38.3 Å². The smallest absolute Gasteiger partial charge is 0.289 e. The predicted octanol–water partition coefficient (Wildman–Crippen LogP) is 4.07. The average molecular weight is 297 g/mol. The number of nitrogens with zero attached hydrogens (tertiary/aromatic N) is 1. The van der Waals surface area contributed by atoms with E-state index in [9.17, 15) is 4.79 Å². The van der Waals surface area contributed by atoms with E-state index in [1.165, 1.54) is 17.5 Å². The highest BCUT2D eigenvalue weighted by Crippen LogP contribution is 2.23. The molecule has 0 unspecified atom stereocenters. The second-order valence-electron chi connectivity index (χ2n) is 6.24. The Balaban J connectivity index is 1.45. The van der Waals surface area contributed by atoms with Crippen molar-refractivity contribution in [3.8, 4) is 0 Å². The molecule has 0 bridgehead atoms. The quantitative estimate of drug-likeness (QED) is 0.852. The van der Waals surface area contributed by atoms with E-state index in [0.29, 0.717) is 5.76 Å². The highest BCUT2D eigenvalue weighted by molar-refractivity contribution is 5.91. The molecule has 1 aliphatic heterocycles. The molecule has 1 aromatic heterocycles. The van der Waals surface area contributed by atoms with Gasteiger partial charge in [0, 0.05) is 13.1 Å². The summed E-state index contributed by atoms with van der Waals surface area (Å²) in [7, 11) is 0. The molecule has 3 heteroatoms. The van der Waals surface area contributed by atoms with Gasteiger partial charge in [0.15, 0.2) is 5.76 Å². The van der Waals surface area contributed by atoms with Crippen molar-refractivity contribution in [3.05, 3.63) is 59.5 Å². The fraction of sp³-hybridized carbons (Fsp3) is 0.421. The summed E-state index contributed by atoms with van der Waals surface area (Å²) < 4.78 is 5.20. The third kappa shape index (κ3) is 3.59. The molecule has 2 heterocycles. The van der Waals surface area contributed by atoms with Crippen LogP contribution in [0.25, 0.3) is 0 Å². The van der Waals surface area contributed by atoms with Gasteiger partial charge in [0.2, 0.25) is 0 Å². The number of carbonyl (C=O) groups is 1. The first-order valence-electron chi connectivity index (χ1n) is 8.11. The van der Waals surface area contributed by atoms with E-state index in [-0.39, 0.29) is 5.91 Å². The van der Waals surface area contributed by atoms with Crippen LogP contribution in [0.4, 0.5) is 0 Å². The molecular weight excluding hydrogens is 274 g/mol. The average Bonchev–Trinajstić information content (AvgIpc) is 3.09. The molecule has 2 aromatic rings. The van der Waals surface area contributed by atoms with Crippen LogP contribution in [0.15, 0.2) is 47.1 Å². The van der Waals surface area contributed by atoms with E-state index >= 15 is 0 Å². The SMILES string of the molecule is Cc1ccc(CCC2CCN(C(=O)c3ccco3)CC2)cc1. The zero-order valence-electron chi connectivity index (χ0n) is 13.1. The van der Waals surface area contributed by atoms with Crippen molar-refractivity contribution >= 4 is 5.91 Å². The number of likely N-dealkylation sites (tertiary alicyclic amines) is 1. The molecular formula is C19H23NO2. The van der Waals surface area contributed by atoms with Gasteiger partial charge in [-0.3, -0.25) is 4.79 Å².